The standard InChI is InChI=1S/C14H18N4O3S2/c1-15-23(20,21)13-7-6-12(22-13)9-17-14(19)18(2)10-11-5-3-4-8-16-11/h3-8,15H,9-10H2,1-2H3,(H,17,19). The van der Waals surface area contributed by atoms with Crippen molar-refractivity contribution < 1.29 is 13.2 Å². The van der Waals surface area contributed by atoms with Crippen LogP contribution >= 0.6 is 11.3 Å². The third kappa shape index (κ3) is 4.75. The molecule has 2 amide bonds. The van der Waals surface area contributed by atoms with Crippen LogP contribution in [0.4, 0.5) is 4.79 Å². The second kappa shape index (κ2) is 7.53. The minimum absolute atomic E-state index is 0.228. The molecule has 0 atom stereocenters. The molecule has 2 aromatic rings. The first-order chi connectivity index (χ1) is 10.9. The Hall–Kier alpha value is -1.97. The number of nitrogens with zero attached hydrogens (tertiary/aromatic N) is 2. The number of thiophene rings is 1. The molecule has 7 nitrogen and oxygen atoms in total. The minimum atomic E-state index is -3.44. The topological polar surface area (TPSA) is 91.4 Å². The lowest BCUT2D eigenvalue weighted by atomic mass is 10.3. The van der Waals surface area contributed by atoms with Crippen LogP contribution in [-0.2, 0) is 23.1 Å². The number of carbonyl (C=O) groups is 1. The van der Waals surface area contributed by atoms with Gasteiger partial charge < -0.3 is 10.2 Å². The predicted molar refractivity (Wildman–Crippen MR) is 88.5 cm³/mol. The Labute approximate surface area is 139 Å². The van der Waals surface area contributed by atoms with Gasteiger partial charge in [0.25, 0.3) is 0 Å². The molecule has 0 aliphatic rings. The van der Waals surface area contributed by atoms with E-state index >= 15 is 0 Å². The van der Waals surface area contributed by atoms with Crippen molar-refractivity contribution in [3.05, 3.63) is 47.1 Å². The Morgan fingerprint density at radius 1 is 1.30 bits per heavy atom. The van der Waals surface area contributed by atoms with E-state index in [4.69, 9.17) is 0 Å². The van der Waals surface area contributed by atoms with E-state index in [2.05, 4.69) is 15.0 Å². The maximum atomic E-state index is 12.0. The fraction of sp³-hybridized carbons (Fsp3) is 0.286. The number of urea groups is 1. The first-order valence-electron chi connectivity index (χ1n) is 6.83. The zero-order valence-corrected chi connectivity index (χ0v) is 14.4. The summed E-state index contributed by atoms with van der Waals surface area (Å²) in [5.74, 6) is 0. The van der Waals surface area contributed by atoms with Gasteiger partial charge in [0.2, 0.25) is 10.0 Å². The predicted octanol–water partition coefficient (Wildman–Crippen LogP) is 1.39. The number of aromatic nitrogens is 1. The molecular weight excluding hydrogens is 336 g/mol. The molecule has 0 aliphatic heterocycles. The molecule has 124 valence electrons. The van der Waals surface area contributed by atoms with Gasteiger partial charge in [-0.1, -0.05) is 6.07 Å². The number of pyridine rings is 1. The van der Waals surface area contributed by atoms with Gasteiger partial charge in [0.1, 0.15) is 4.21 Å². The Morgan fingerprint density at radius 2 is 2.09 bits per heavy atom. The lowest BCUT2D eigenvalue weighted by Crippen LogP contribution is -2.36. The van der Waals surface area contributed by atoms with E-state index in [0.29, 0.717) is 6.54 Å². The molecular formula is C14H18N4O3S2. The van der Waals surface area contributed by atoms with Gasteiger partial charge in [0, 0.05) is 18.1 Å². The van der Waals surface area contributed by atoms with Crippen LogP contribution in [-0.4, -0.2) is 38.4 Å². The monoisotopic (exact) mass is 354 g/mol. The average Bonchev–Trinajstić information content (AvgIpc) is 3.03. The lowest BCUT2D eigenvalue weighted by molar-refractivity contribution is 0.206. The zero-order valence-electron chi connectivity index (χ0n) is 12.8. The van der Waals surface area contributed by atoms with Gasteiger partial charge in [0.15, 0.2) is 0 Å². The Balaban J connectivity index is 1.89. The fourth-order valence-corrected chi connectivity index (χ4v) is 3.94. The zero-order chi connectivity index (χ0) is 16.9. The minimum Gasteiger partial charge on any atom is -0.333 e. The van der Waals surface area contributed by atoms with Gasteiger partial charge in [-0.15, -0.1) is 11.3 Å². The van der Waals surface area contributed by atoms with Crippen LogP contribution in [0.2, 0.25) is 0 Å². The molecule has 0 aromatic carbocycles. The second-order valence-electron chi connectivity index (χ2n) is 4.76. The number of sulfonamides is 1. The van der Waals surface area contributed by atoms with Crippen molar-refractivity contribution >= 4 is 27.4 Å². The average molecular weight is 354 g/mol. The van der Waals surface area contributed by atoms with Crippen molar-refractivity contribution in [1.29, 1.82) is 0 Å². The third-order valence-corrected chi connectivity index (χ3v) is 6.05. The molecule has 0 saturated heterocycles. The molecule has 2 aromatic heterocycles. The Morgan fingerprint density at radius 3 is 2.74 bits per heavy atom. The molecule has 0 fully saturated rings. The first kappa shape index (κ1) is 17.4. The maximum Gasteiger partial charge on any atom is 0.317 e. The van der Waals surface area contributed by atoms with E-state index < -0.39 is 10.0 Å². The summed E-state index contributed by atoms with van der Waals surface area (Å²) in [6, 6.07) is 8.49. The van der Waals surface area contributed by atoms with Gasteiger partial charge >= 0.3 is 6.03 Å². The van der Waals surface area contributed by atoms with Crippen molar-refractivity contribution in [2.75, 3.05) is 14.1 Å². The lowest BCUT2D eigenvalue weighted by Gasteiger charge is -2.17. The van der Waals surface area contributed by atoms with Crippen LogP contribution in [0.3, 0.4) is 0 Å². The van der Waals surface area contributed by atoms with Crippen molar-refractivity contribution in [3.8, 4) is 0 Å². The second-order valence-corrected chi connectivity index (χ2v) is 8.05. The quantitative estimate of drug-likeness (QED) is 0.820. The summed E-state index contributed by atoms with van der Waals surface area (Å²) < 4.78 is 25.8. The van der Waals surface area contributed by atoms with E-state index in [1.165, 1.54) is 18.0 Å². The van der Waals surface area contributed by atoms with E-state index in [1.54, 1.807) is 19.3 Å². The molecule has 2 N–H and O–H groups in total. The largest absolute Gasteiger partial charge is 0.333 e. The van der Waals surface area contributed by atoms with Crippen LogP contribution < -0.4 is 10.0 Å². The van der Waals surface area contributed by atoms with Crippen LogP contribution in [0.15, 0.2) is 40.7 Å². The van der Waals surface area contributed by atoms with Gasteiger partial charge in [-0.3, -0.25) is 4.98 Å². The number of rotatable bonds is 6. The Bertz CT molecular complexity index is 759. The van der Waals surface area contributed by atoms with Gasteiger partial charge in [-0.2, -0.15) is 0 Å². The summed E-state index contributed by atoms with van der Waals surface area (Å²) in [5, 5.41) is 2.76. The van der Waals surface area contributed by atoms with Crippen LogP contribution in [0.5, 0.6) is 0 Å². The van der Waals surface area contributed by atoms with E-state index in [0.717, 1.165) is 21.9 Å². The van der Waals surface area contributed by atoms with Crippen LogP contribution in [0.25, 0.3) is 0 Å². The Kier molecular flexibility index (Phi) is 5.69. The summed E-state index contributed by atoms with van der Waals surface area (Å²) in [5.41, 5.74) is 0.795. The van der Waals surface area contributed by atoms with Crippen molar-refractivity contribution in [3.63, 3.8) is 0 Å². The van der Waals surface area contributed by atoms with E-state index in [1.807, 2.05) is 18.2 Å². The van der Waals surface area contributed by atoms with Gasteiger partial charge in [-0.25, -0.2) is 17.9 Å². The molecule has 0 radical (unpaired) electrons. The highest BCUT2D eigenvalue weighted by Crippen LogP contribution is 2.21. The fourth-order valence-electron chi connectivity index (χ4n) is 1.80. The van der Waals surface area contributed by atoms with Gasteiger partial charge in [0.05, 0.1) is 18.8 Å². The number of hydrogen-bond acceptors (Lipinski definition) is 5. The number of carbonyl (C=O) groups excluding carboxylic acids is 1. The first-order valence-corrected chi connectivity index (χ1v) is 9.13. The number of nitrogens with one attached hydrogen (secondary N) is 2. The summed E-state index contributed by atoms with van der Waals surface area (Å²) in [7, 11) is -0.396. The highest BCUT2D eigenvalue weighted by atomic mass is 32.2. The summed E-state index contributed by atoms with van der Waals surface area (Å²) in [6.07, 6.45) is 1.68. The number of hydrogen-bond donors (Lipinski definition) is 2. The van der Waals surface area contributed by atoms with Crippen molar-refractivity contribution in [2.45, 2.75) is 17.3 Å². The van der Waals surface area contributed by atoms with Crippen LogP contribution in [0, 0.1) is 0 Å². The molecule has 23 heavy (non-hydrogen) atoms. The highest BCUT2D eigenvalue weighted by molar-refractivity contribution is 7.91. The molecule has 0 aliphatic carbocycles. The summed E-state index contributed by atoms with van der Waals surface area (Å²) in [4.78, 5) is 18.5. The molecule has 2 rings (SSSR count). The summed E-state index contributed by atoms with van der Waals surface area (Å²) in [6.45, 7) is 0.672. The summed E-state index contributed by atoms with van der Waals surface area (Å²) >= 11 is 1.13. The molecule has 0 unspecified atom stereocenters. The molecule has 9 heteroatoms. The molecule has 0 spiro atoms. The van der Waals surface area contributed by atoms with Crippen molar-refractivity contribution in [1.82, 2.24) is 19.9 Å². The smallest absolute Gasteiger partial charge is 0.317 e. The third-order valence-electron chi connectivity index (χ3n) is 3.06. The van der Waals surface area contributed by atoms with Crippen molar-refractivity contribution in [2.24, 2.45) is 0 Å². The SMILES string of the molecule is CNS(=O)(=O)c1ccc(CNC(=O)N(C)Cc2ccccn2)s1. The molecule has 0 saturated carbocycles. The number of amides is 2. The normalized spacial score (nSPS) is 11.2. The highest BCUT2D eigenvalue weighted by Gasteiger charge is 2.15. The van der Waals surface area contributed by atoms with E-state index in [-0.39, 0.29) is 16.8 Å². The maximum absolute atomic E-state index is 12.0. The van der Waals surface area contributed by atoms with E-state index in [9.17, 15) is 13.2 Å². The van der Waals surface area contributed by atoms with Crippen LogP contribution in [0.1, 0.15) is 10.6 Å². The molecule has 0 bridgehead atoms. The van der Waals surface area contributed by atoms with Gasteiger partial charge in [-0.05, 0) is 31.3 Å². The molecule has 2 heterocycles.